The number of fused-ring (bicyclic) bond motifs is 1. The molecule has 0 spiro atoms. The predicted molar refractivity (Wildman–Crippen MR) is 96.5 cm³/mol. The molecule has 0 bridgehead atoms. The Morgan fingerprint density at radius 2 is 2.08 bits per heavy atom. The Labute approximate surface area is 151 Å². The molecule has 0 radical (unpaired) electrons. The van der Waals surface area contributed by atoms with Gasteiger partial charge in [0.1, 0.15) is 5.82 Å². The van der Waals surface area contributed by atoms with Crippen molar-refractivity contribution < 1.29 is 9.53 Å². The number of nitrogens with zero attached hydrogens (tertiary/aromatic N) is 4. The van der Waals surface area contributed by atoms with Crippen molar-refractivity contribution in [3.8, 4) is 0 Å². The summed E-state index contributed by atoms with van der Waals surface area (Å²) in [7, 11) is 1.95. The number of carbonyl (C=O) groups excluding carboxylic acids is 1. The smallest absolute Gasteiger partial charge is 0.252 e. The molecule has 0 aliphatic carbocycles. The van der Waals surface area contributed by atoms with Gasteiger partial charge in [-0.25, -0.2) is 4.98 Å². The Bertz CT molecular complexity index is 912. The monoisotopic (exact) mass is 351 g/mol. The number of amides is 1. The van der Waals surface area contributed by atoms with Crippen LogP contribution in [-0.2, 0) is 11.8 Å². The lowest BCUT2D eigenvalue weighted by Crippen LogP contribution is -2.37. The minimum Gasteiger partial charge on any atom is -0.381 e. The van der Waals surface area contributed by atoms with Crippen molar-refractivity contribution in [1.82, 2.24) is 24.8 Å². The summed E-state index contributed by atoms with van der Waals surface area (Å²) in [6.45, 7) is 1.42. The third-order valence-corrected chi connectivity index (χ3v) is 4.95. The third-order valence-electron chi connectivity index (χ3n) is 4.95. The molecule has 7 heteroatoms. The Hall–Kier alpha value is -2.80. The van der Waals surface area contributed by atoms with Crippen LogP contribution in [0.4, 0.5) is 0 Å². The van der Waals surface area contributed by atoms with Gasteiger partial charge in [-0.05, 0) is 30.9 Å². The number of aromatic nitrogens is 4. The third kappa shape index (κ3) is 3.17. The maximum Gasteiger partial charge on any atom is 0.252 e. The summed E-state index contributed by atoms with van der Waals surface area (Å²) in [5.74, 6) is 1.02. The minimum absolute atomic E-state index is 0.134. The normalized spacial score (nSPS) is 16.5. The van der Waals surface area contributed by atoms with Gasteiger partial charge in [-0.2, -0.15) is 0 Å². The molecular formula is C19H21N5O2. The van der Waals surface area contributed by atoms with Gasteiger partial charge in [0.2, 0.25) is 0 Å². The first-order chi connectivity index (χ1) is 12.7. The highest BCUT2D eigenvalue weighted by molar-refractivity contribution is 6.05. The van der Waals surface area contributed by atoms with E-state index in [-0.39, 0.29) is 11.9 Å². The van der Waals surface area contributed by atoms with Crippen molar-refractivity contribution in [3.63, 3.8) is 0 Å². The molecule has 1 saturated heterocycles. The minimum atomic E-state index is -0.161. The lowest BCUT2D eigenvalue weighted by atomic mass is 9.90. The van der Waals surface area contributed by atoms with Crippen LogP contribution in [0.5, 0.6) is 0 Å². The summed E-state index contributed by atoms with van der Waals surface area (Å²) in [6.07, 6.45) is 10.5. The van der Waals surface area contributed by atoms with Gasteiger partial charge in [0.25, 0.3) is 5.91 Å². The van der Waals surface area contributed by atoms with Gasteiger partial charge in [0, 0.05) is 56.6 Å². The lowest BCUT2D eigenvalue weighted by Gasteiger charge is -2.30. The summed E-state index contributed by atoms with van der Waals surface area (Å²) >= 11 is 0. The van der Waals surface area contributed by atoms with Crippen LogP contribution in [0.3, 0.4) is 0 Å². The second-order valence-electron chi connectivity index (χ2n) is 6.55. The van der Waals surface area contributed by atoms with Crippen LogP contribution in [0.2, 0.25) is 0 Å². The second kappa shape index (κ2) is 7.21. The average Bonchev–Trinajstić information content (AvgIpc) is 3.12. The molecule has 1 atom stereocenters. The van der Waals surface area contributed by atoms with Crippen molar-refractivity contribution in [2.75, 3.05) is 13.2 Å². The summed E-state index contributed by atoms with van der Waals surface area (Å²) in [5.41, 5.74) is 1.33. The molecule has 1 amide bonds. The van der Waals surface area contributed by atoms with Gasteiger partial charge >= 0.3 is 0 Å². The topological polar surface area (TPSA) is 81.9 Å². The molecular weight excluding hydrogens is 330 g/mol. The first-order valence-corrected chi connectivity index (χ1v) is 8.78. The van der Waals surface area contributed by atoms with Crippen LogP contribution in [0, 0.1) is 5.92 Å². The van der Waals surface area contributed by atoms with E-state index in [1.807, 2.05) is 17.8 Å². The largest absolute Gasteiger partial charge is 0.381 e. The highest BCUT2D eigenvalue weighted by atomic mass is 16.5. The maximum atomic E-state index is 13.1. The number of hydrogen-bond acceptors (Lipinski definition) is 5. The van der Waals surface area contributed by atoms with E-state index in [2.05, 4.69) is 20.3 Å². The molecule has 7 nitrogen and oxygen atoms in total. The van der Waals surface area contributed by atoms with Crippen LogP contribution < -0.4 is 5.32 Å². The summed E-state index contributed by atoms with van der Waals surface area (Å²) in [6, 6.07) is 3.38. The number of hydrogen-bond donors (Lipinski definition) is 1. The molecule has 0 aromatic carbocycles. The van der Waals surface area contributed by atoms with Crippen LogP contribution in [0.1, 0.15) is 35.1 Å². The second-order valence-corrected chi connectivity index (χ2v) is 6.55. The quantitative estimate of drug-likeness (QED) is 0.780. The summed E-state index contributed by atoms with van der Waals surface area (Å²) in [4.78, 5) is 26.0. The Morgan fingerprint density at radius 3 is 2.85 bits per heavy atom. The molecule has 1 aliphatic heterocycles. The number of pyridine rings is 2. The van der Waals surface area contributed by atoms with Gasteiger partial charge < -0.3 is 14.6 Å². The first-order valence-electron chi connectivity index (χ1n) is 8.78. The van der Waals surface area contributed by atoms with Crippen molar-refractivity contribution in [2.24, 2.45) is 13.0 Å². The molecule has 1 N–H and O–H groups in total. The molecule has 0 unspecified atom stereocenters. The van der Waals surface area contributed by atoms with Crippen molar-refractivity contribution >= 4 is 16.8 Å². The molecule has 1 aliphatic rings. The molecule has 134 valence electrons. The number of aryl methyl sites for hydroxylation is 1. The van der Waals surface area contributed by atoms with Gasteiger partial charge in [-0.3, -0.25) is 14.8 Å². The van der Waals surface area contributed by atoms with E-state index >= 15 is 0 Å². The zero-order valence-electron chi connectivity index (χ0n) is 14.6. The van der Waals surface area contributed by atoms with Gasteiger partial charge in [0.15, 0.2) is 0 Å². The van der Waals surface area contributed by atoms with E-state index < -0.39 is 0 Å². The van der Waals surface area contributed by atoms with E-state index in [1.54, 1.807) is 36.9 Å². The van der Waals surface area contributed by atoms with Crippen molar-refractivity contribution in [1.29, 1.82) is 0 Å². The molecule has 0 saturated carbocycles. The number of carbonyl (C=O) groups is 1. The molecule has 26 heavy (non-hydrogen) atoms. The van der Waals surface area contributed by atoms with Gasteiger partial charge in [-0.1, -0.05) is 0 Å². The fourth-order valence-electron chi connectivity index (χ4n) is 3.53. The summed E-state index contributed by atoms with van der Waals surface area (Å²) in [5, 5.41) is 3.95. The predicted octanol–water partition coefficient (Wildman–Crippen LogP) is 2.26. The van der Waals surface area contributed by atoms with Gasteiger partial charge in [0.05, 0.1) is 17.1 Å². The zero-order chi connectivity index (χ0) is 17.9. The zero-order valence-corrected chi connectivity index (χ0v) is 14.6. The molecule has 3 aromatic rings. The first kappa shape index (κ1) is 16.7. The standard InChI is InChI=1S/C19H21N5O2/c1-24-9-8-22-18(24)17(13-4-10-26-11-5-13)23-19(25)14-2-7-21-16-3-6-20-12-15(14)16/h2-3,6-9,12-13,17H,4-5,10-11H2,1H3,(H,23,25)/t17-/m0/s1. The van der Waals surface area contributed by atoms with E-state index in [1.165, 1.54) is 0 Å². The van der Waals surface area contributed by atoms with Gasteiger partial charge in [-0.15, -0.1) is 0 Å². The van der Waals surface area contributed by atoms with E-state index in [4.69, 9.17) is 4.74 Å². The number of imidazole rings is 1. The number of rotatable bonds is 4. The molecule has 4 heterocycles. The molecule has 4 rings (SSSR count). The van der Waals surface area contributed by atoms with Crippen molar-refractivity contribution in [2.45, 2.75) is 18.9 Å². The lowest BCUT2D eigenvalue weighted by molar-refractivity contribution is 0.0499. The number of nitrogens with one attached hydrogen (secondary N) is 1. The van der Waals surface area contributed by atoms with Crippen LogP contribution in [-0.4, -0.2) is 38.6 Å². The summed E-state index contributed by atoms with van der Waals surface area (Å²) < 4.78 is 7.45. The van der Waals surface area contributed by atoms with E-state index in [9.17, 15) is 4.79 Å². The Kier molecular flexibility index (Phi) is 4.62. The Morgan fingerprint density at radius 1 is 1.23 bits per heavy atom. The number of ether oxygens (including phenoxy) is 1. The van der Waals surface area contributed by atoms with E-state index in [0.29, 0.717) is 24.7 Å². The van der Waals surface area contributed by atoms with Crippen LogP contribution in [0.15, 0.2) is 43.1 Å². The molecule has 1 fully saturated rings. The Balaban J connectivity index is 1.66. The fraction of sp³-hybridized carbons (Fsp3) is 0.368. The molecule has 3 aromatic heterocycles. The maximum absolute atomic E-state index is 13.1. The van der Waals surface area contributed by atoms with Crippen molar-refractivity contribution in [3.05, 3.63) is 54.5 Å². The van der Waals surface area contributed by atoms with E-state index in [0.717, 1.165) is 29.6 Å². The average molecular weight is 351 g/mol. The highest BCUT2D eigenvalue weighted by Gasteiger charge is 2.30. The van der Waals surface area contributed by atoms with Crippen LogP contribution in [0.25, 0.3) is 10.9 Å². The highest BCUT2D eigenvalue weighted by Crippen LogP contribution is 2.29. The fourth-order valence-corrected chi connectivity index (χ4v) is 3.53. The van der Waals surface area contributed by atoms with Crippen LogP contribution >= 0.6 is 0 Å². The SMILES string of the molecule is Cn1ccnc1[C@@H](NC(=O)c1ccnc2ccncc12)C1CCOCC1.